The van der Waals surface area contributed by atoms with E-state index in [4.69, 9.17) is 22.7 Å². The van der Waals surface area contributed by atoms with Crippen molar-refractivity contribution < 1.29 is 14.4 Å². The van der Waals surface area contributed by atoms with Gasteiger partial charge in [-0.3, -0.25) is 15.0 Å². The zero-order valence-corrected chi connectivity index (χ0v) is 30.0. The number of unbranched alkanes of at least 4 members (excludes halogenated alkanes) is 1. The molecule has 1 saturated heterocycles. The Kier molecular flexibility index (Phi) is 13.4. The number of guanidine groups is 2. The lowest BCUT2D eigenvalue weighted by Gasteiger charge is -2.28. The first-order chi connectivity index (χ1) is 22.1. The zero-order chi connectivity index (χ0) is 34.9. The normalized spacial score (nSPS) is 16.5. The summed E-state index contributed by atoms with van der Waals surface area (Å²) in [7, 11) is 3.19. The number of aliphatic imine (C=N–C) groups is 1. The van der Waals surface area contributed by atoms with E-state index in [0.29, 0.717) is 9.92 Å². The maximum absolute atomic E-state index is 13.5. The predicted octanol–water partition coefficient (Wildman–Crippen LogP) is 7.58. The number of carbonyl (C=O) groups is 3. The van der Waals surface area contributed by atoms with E-state index in [1.807, 2.05) is 49.4 Å². The minimum absolute atomic E-state index is 0.0356. The van der Waals surface area contributed by atoms with Crippen molar-refractivity contribution in [3.05, 3.63) is 81.9 Å². The number of rotatable bonds is 12. The molecule has 0 spiro atoms. The Labute approximate surface area is 288 Å². The highest BCUT2D eigenvalue weighted by Crippen LogP contribution is 2.42. The van der Waals surface area contributed by atoms with Crippen molar-refractivity contribution in [2.24, 2.45) is 16.1 Å². The summed E-state index contributed by atoms with van der Waals surface area (Å²) in [4.78, 5) is 45.0. The number of nitrogens with zero attached hydrogens (tertiary/aromatic N) is 3. The number of carbonyl (C=O) groups excluding carboxylic acids is 3. The Morgan fingerprint density at radius 2 is 1.64 bits per heavy atom. The number of halogens is 1. The molecule has 47 heavy (non-hydrogen) atoms. The van der Waals surface area contributed by atoms with Crippen molar-refractivity contribution in [1.29, 1.82) is 5.41 Å². The van der Waals surface area contributed by atoms with E-state index in [-0.39, 0.29) is 28.7 Å². The van der Waals surface area contributed by atoms with Gasteiger partial charge in [-0.2, -0.15) is 9.89 Å². The topological polar surface area (TPSA) is 132 Å². The largest absolute Gasteiger partial charge is 0.369 e. The molecule has 1 atom stereocenters. The molecule has 0 saturated carbocycles. The molecule has 11 heteroatoms. The summed E-state index contributed by atoms with van der Waals surface area (Å²) >= 11 is 7.28. The van der Waals surface area contributed by atoms with Gasteiger partial charge in [0.15, 0.2) is 5.12 Å². The first kappa shape index (κ1) is 37.6. The molecule has 2 aromatic rings. The summed E-state index contributed by atoms with van der Waals surface area (Å²) in [5.74, 6) is -1.19. The van der Waals surface area contributed by atoms with Crippen LogP contribution in [0.4, 0.5) is 4.79 Å². The SMILES string of the molecule is CCCCC(C)(C)C/C(C)=C(/C(=C(\C)CC(=O)SCC1NC(=O)N(/C(N)=N/C(=N)N(C)C)C1=O)c1ccc(Cl)cc1)c1ccccc1. The number of amides is 3. The third kappa shape index (κ3) is 10.3. The summed E-state index contributed by atoms with van der Waals surface area (Å²) in [6.07, 6.45) is 4.44. The highest BCUT2D eigenvalue weighted by Gasteiger charge is 2.40. The van der Waals surface area contributed by atoms with Crippen LogP contribution in [0.1, 0.15) is 77.8 Å². The number of nitrogens with one attached hydrogen (secondary N) is 2. The molecule has 0 aliphatic carbocycles. The van der Waals surface area contributed by atoms with Crippen molar-refractivity contribution in [3.63, 3.8) is 0 Å². The summed E-state index contributed by atoms with van der Waals surface area (Å²) < 4.78 is 0. The van der Waals surface area contributed by atoms with Crippen molar-refractivity contribution in [1.82, 2.24) is 15.1 Å². The van der Waals surface area contributed by atoms with Gasteiger partial charge in [0.25, 0.3) is 5.91 Å². The van der Waals surface area contributed by atoms with E-state index in [9.17, 15) is 14.4 Å². The average Bonchev–Trinajstić information content (AvgIpc) is 3.30. The second-order valence-electron chi connectivity index (χ2n) is 12.9. The number of hydrogen-bond donors (Lipinski definition) is 3. The van der Waals surface area contributed by atoms with Gasteiger partial charge in [-0.15, -0.1) is 0 Å². The van der Waals surface area contributed by atoms with Crippen LogP contribution in [0.5, 0.6) is 0 Å². The molecule has 1 aliphatic heterocycles. The number of thioether (sulfide) groups is 1. The third-order valence-electron chi connectivity index (χ3n) is 7.96. The third-order valence-corrected chi connectivity index (χ3v) is 9.18. The fourth-order valence-corrected chi connectivity index (χ4v) is 6.65. The highest BCUT2D eigenvalue weighted by atomic mass is 35.5. The van der Waals surface area contributed by atoms with Crippen LogP contribution < -0.4 is 11.1 Å². The van der Waals surface area contributed by atoms with Crippen LogP contribution in [0, 0.1) is 10.8 Å². The predicted molar refractivity (Wildman–Crippen MR) is 195 cm³/mol. The van der Waals surface area contributed by atoms with Crippen LogP contribution in [-0.2, 0) is 9.59 Å². The van der Waals surface area contributed by atoms with E-state index >= 15 is 0 Å². The quantitative estimate of drug-likeness (QED) is 0.0918. The van der Waals surface area contributed by atoms with Gasteiger partial charge in [-0.25, -0.2) is 4.79 Å². The van der Waals surface area contributed by atoms with Gasteiger partial charge in [0.05, 0.1) is 0 Å². The fraction of sp³-hybridized carbons (Fsp3) is 0.417. The van der Waals surface area contributed by atoms with Crippen molar-refractivity contribution in [2.45, 2.75) is 72.8 Å². The number of hydrogen-bond acceptors (Lipinski definition) is 5. The number of urea groups is 1. The number of benzene rings is 2. The number of allylic oxidation sites excluding steroid dienone is 4. The molecule has 9 nitrogen and oxygen atoms in total. The van der Waals surface area contributed by atoms with Gasteiger partial charge < -0.3 is 16.0 Å². The Hall–Kier alpha value is -3.89. The van der Waals surface area contributed by atoms with Crippen molar-refractivity contribution in [3.8, 4) is 0 Å². The van der Waals surface area contributed by atoms with E-state index in [0.717, 1.165) is 65.3 Å². The molecular weight excluding hydrogens is 632 g/mol. The fourth-order valence-electron chi connectivity index (χ4n) is 5.63. The highest BCUT2D eigenvalue weighted by molar-refractivity contribution is 8.13. The smallest absolute Gasteiger partial charge is 0.331 e. The molecular formula is C36H47ClN6O3S. The van der Waals surface area contributed by atoms with E-state index in [2.05, 4.69) is 50.1 Å². The average molecular weight is 679 g/mol. The van der Waals surface area contributed by atoms with Gasteiger partial charge in [0.1, 0.15) is 6.04 Å². The second kappa shape index (κ2) is 16.8. The molecule has 0 radical (unpaired) electrons. The molecule has 252 valence electrons. The molecule has 1 aliphatic rings. The Balaban J connectivity index is 1.94. The zero-order valence-electron chi connectivity index (χ0n) is 28.4. The summed E-state index contributed by atoms with van der Waals surface area (Å²) in [5.41, 5.74) is 12.2. The Morgan fingerprint density at radius 3 is 2.23 bits per heavy atom. The maximum atomic E-state index is 13.5. The summed E-state index contributed by atoms with van der Waals surface area (Å²) in [6.45, 7) is 11.0. The van der Waals surface area contributed by atoms with Crippen LogP contribution in [-0.4, -0.2) is 64.7 Å². The lowest BCUT2D eigenvalue weighted by molar-refractivity contribution is -0.124. The Morgan fingerprint density at radius 1 is 1.04 bits per heavy atom. The van der Waals surface area contributed by atoms with Crippen LogP contribution in [0.25, 0.3) is 11.1 Å². The molecule has 1 fully saturated rings. The second-order valence-corrected chi connectivity index (χ2v) is 14.4. The number of imide groups is 1. The molecule has 4 N–H and O–H groups in total. The van der Waals surface area contributed by atoms with Crippen LogP contribution in [0.2, 0.25) is 5.02 Å². The molecule has 1 heterocycles. The summed E-state index contributed by atoms with van der Waals surface area (Å²) in [5, 5.41) is 10.9. The molecule has 0 bridgehead atoms. The molecule has 2 aromatic carbocycles. The van der Waals surface area contributed by atoms with E-state index < -0.39 is 23.9 Å². The van der Waals surface area contributed by atoms with Crippen LogP contribution in [0.15, 0.2) is 70.7 Å². The van der Waals surface area contributed by atoms with E-state index in [1.54, 1.807) is 14.1 Å². The monoisotopic (exact) mass is 678 g/mol. The minimum atomic E-state index is -0.953. The number of nitrogens with two attached hydrogens (primary N) is 1. The van der Waals surface area contributed by atoms with Gasteiger partial charge in [0, 0.05) is 31.3 Å². The van der Waals surface area contributed by atoms with Gasteiger partial charge in [0.2, 0.25) is 11.9 Å². The van der Waals surface area contributed by atoms with Crippen LogP contribution >= 0.6 is 23.4 Å². The minimum Gasteiger partial charge on any atom is -0.369 e. The molecule has 3 rings (SSSR count). The lowest BCUT2D eigenvalue weighted by atomic mass is 9.77. The van der Waals surface area contributed by atoms with Crippen molar-refractivity contribution >= 4 is 63.5 Å². The molecule has 3 amide bonds. The standard InChI is InChI=1S/C36H47ClN6O3S/c1-8-9-19-36(4,5)21-24(3)31(25-13-11-10-12-14-25)30(26-15-17-27(37)18-16-26)23(2)20-29(44)47-22-28-32(45)43(35(46)40-28)34(39)41-33(38)42(6)7/h10-18,28H,8-9,19-22H2,1-7H3,(H,40,46)(H3,38,39,41)/b30-23+,31-24+. The van der Waals surface area contributed by atoms with Gasteiger partial charge in [-0.1, -0.05) is 111 Å². The molecule has 0 aromatic heterocycles. The first-order valence-corrected chi connectivity index (χ1v) is 17.1. The van der Waals surface area contributed by atoms with Crippen molar-refractivity contribution in [2.75, 3.05) is 19.8 Å². The van der Waals surface area contributed by atoms with Gasteiger partial charge in [-0.05, 0) is 66.5 Å². The Bertz CT molecular complexity index is 1560. The molecule has 1 unspecified atom stereocenters. The first-order valence-electron chi connectivity index (χ1n) is 15.8. The van der Waals surface area contributed by atoms with E-state index in [1.165, 1.54) is 10.5 Å². The maximum Gasteiger partial charge on any atom is 0.331 e. The van der Waals surface area contributed by atoms with Crippen LogP contribution in [0.3, 0.4) is 0 Å². The lowest BCUT2D eigenvalue weighted by Crippen LogP contribution is -2.43. The summed E-state index contributed by atoms with van der Waals surface area (Å²) in [6, 6.07) is 16.3. The van der Waals surface area contributed by atoms with Gasteiger partial charge >= 0.3 is 6.03 Å².